The highest BCUT2D eigenvalue weighted by molar-refractivity contribution is 9.10. The van der Waals surface area contributed by atoms with E-state index >= 15 is 0 Å². The van der Waals surface area contributed by atoms with Crippen molar-refractivity contribution in [3.05, 3.63) is 10.8 Å². The number of hydrogen-bond acceptors (Lipinski definition) is 5. The van der Waals surface area contributed by atoms with Gasteiger partial charge >= 0.3 is 6.09 Å². The predicted molar refractivity (Wildman–Crippen MR) is 93.3 cm³/mol. The molecule has 23 heavy (non-hydrogen) atoms. The van der Waals surface area contributed by atoms with Crippen LogP contribution in [0.4, 0.5) is 16.4 Å². The molecular formula is C15H24BrN5O2. The number of halogens is 1. The Morgan fingerprint density at radius 2 is 2.26 bits per heavy atom. The first-order valence-electron chi connectivity index (χ1n) is 7.71. The highest BCUT2D eigenvalue weighted by Crippen LogP contribution is 2.36. The van der Waals surface area contributed by atoms with E-state index in [9.17, 15) is 9.90 Å². The fourth-order valence-corrected chi connectivity index (χ4v) is 3.69. The van der Waals surface area contributed by atoms with Gasteiger partial charge < -0.3 is 21.1 Å². The number of hydrogen-bond donors (Lipinski definition) is 3. The number of nitrogens with one attached hydrogen (secondary N) is 1. The molecule has 2 rings (SSSR count). The zero-order valence-corrected chi connectivity index (χ0v) is 15.3. The standard InChI is InChI=1S/C15H24BrN5O2/c1-15(2,3)11-9(5-4-6-21(11)14(22)23)7-19-13-12(17)18-8-10(16)20-13/h8-9,11H,4-7H2,1-3H3,(H2,17,18)(H,19,20)(H,22,23). The maximum absolute atomic E-state index is 11.6. The van der Waals surface area contributed by atoms with Crippen molar-refractivity contribution in [3.63, 3.8) is 0 Å². The lowest BCUT2D eigenvalue weighted by Gasteiger charge is -2.47. The van der Waals surface area contributed by atoms with Crippen molar-refractivity contribution in [1.82, 2.24) is 14.9 Å². The summed E-state index contributed by atoms with van der Waals surface area (Å²) in [6.07, 6.45) is 2.53. The average molecular weight is 386 g/mol. The van der Waals surface area contributed by atoms with Gasteiger partial charge in [0.1, 0.15) is 4.60 Å². The molecule has 1 aliphatic rings. The minimum absolute atomic E-state index is 0.0532. The Bertz CT molecular complexity index is 575. The molecule has 128 valence electrons. The summed E-state index contributed by atoms with van der Waals surface area (Å²) >= 11 is 3.28. The molecular weight excluding hydrogens is 362 g/mol. The number of aromatic nitrogens is 2. The van der Waals surface area contributed by atoms with E-state index in [4.69, 9.17) is 5.73 Å². The summed E-state index contributed by atoms with van der Waals surface area (Å²) in [5.41, 5.74) is 5.70. The first-order valence-corrected chi connectivity index (χ1v) is 8.51. The SMILES string of the molecule is CC(C)(C)C1C(CNc2nc(Br)cnc2N)CCCN1C(=O)O. The first-order chi connectivity index (χ1) is 10.7. The van der Waals surface area contributed by atoms with Crippen molar-refractivity contribution in [2.24, 2.45) is 11.3 Å². The smallest absolute Gasteiger partial charge is 0.407 e. The maximum Gasteiger partial charge on any atom is 0.407 e. The largest absolute Gasteiger partial charge is 0.465 e. The van der Waals surface area contributed by atoms with E-state index < -0.39 is 6.09 Å². The van der Waals surface area contributed by atoms with Gasteiger partial charge in [0.25, 0.3) is 0 Å². The number of nitrogens with two attached hydrogens (primary N) is 1. The summed E-state index contributed by atoms with van der Waals surface area (Å²) in [4.78, 5) is 21.5. The van der Waals surface area contributed by atoms with Gasteiger partial charge in [-0.15, -0.1) is 0 Å². The molecule has 8 heteroatoms. The van der Waals surface area contributed by atoms with Gasteiger partial charge in [-0.25, -0.2) is 14.8 Å². The number of nitrogen functional groups attached to an aromatic ring is 1. The second-order valence-corrected chi connectivity index (χ2v) is 7.81. The number of nitrogens with zero attached hydrogens (tertiary/aromatic N) is 3. The Hall–Kier alpha value is -1.57. The normalized spacial score (nSPS) is 22.0. The quantitative estimate of drug-likeness (QED) is 0.738. The van der Waals surface area contributed by atoms with Gasteiger partial charge in [0.2, 0.25) is 0 Å². The molecule has 2 heterocycles. The Labute approximate surface area is 144 Å². The van der Waals surface area contributed by atoms with Crippen molar-refractivity contribution in [2.45, 2.75) is 39.7 Å². The van der Waals surface area contributed by atoms with Crippen LogP contribution in [0.5, 0.6) is 0 Å². The molecule has 0 saturated carbocycles. The maximum atomic E-state index is 11.6. The van der Waals surface area contributed by atoms with Crippen LogP contribution in [0.2, 0.25) is 0 Å². The Morgan fingerprint density at radius 3 is 2.87 bits per heavy atom. The zero-order valence-electron chi connectivity index (χ0n) is 13.7. The van der Waals surface area contributed by atoms with Gasteiger partial charge in [0.05, 0.1) is 6.20 Å². The molecule has 1 aromatic rings. The number of anilines is 2. The Balaban J connectivity index is 2.16. The van der Waals surface area contributed by atoms with Gasteiger partial charge in [-0.1, -0.05) is 20.8 Å². The first kappa shape index (κ1) is 17.8. The lowest BCUT2D eigenvalue weighted by Crippen LogP contribution is -2.55. The number of carboxylic acid groups (broad SMARTS) is 1. The summed E-state index contributed by atoms with van der Waals surface area (Å²) in [6.45, 7) is 7.45. The van der Waals surface area contributed by atoms with Crippen LogP contribution in [0.15, 0.2) is 10.8 Å². The van der Waals surface area contributed by atoms with Crippen LogP contribution in [-0.2, 0) is 0 Å². The molecule has 0 radical (unpaired) electrons. The van der Waals surface area contributed by atoms with E-state index in [2.05, 4.69) is 52.0 Å². The molecule has 7 nitrogen and oxygen atoms in total. The van der Waals surface area contributed by atoms with Crippen molar-refractivity contribution in [3.8, 4) is 0 Å². The van der Waals surface area contributed by atoms with Crippen LogP contribution in [0.1, 0.15) is 33.6 Å². The third-order valence-corrected chi connectivity index (χ3v) is 4.57. The highest BCUT2D eigenvalue weighted by Gasteiger charge is 2.41. The van der Waals surface area contributed by atoms with E-state index in [-0.39, 0.29) is 17.4 Å². The molecule has 0 spiro atoms. The van der Waals surface area contributed by atoms with Gasteiger partial charge in [-0.3, -0.25) is 0 Å². The minimum Gasteiger partial charge on any atom is -0.465 e. The van der Waals surface area contributed by atoms with Crippen LogP contribution >= 0.6 is 15.9 Å². The third-order valence-electron chi connectivity index (χ3n) is 4.19. The molecule has 4 N–H and O–H groups in total. The molecule has 0 bridgehead atoms. The predicted octanol–water partition coefficient (Wildman–Crippen LogP) is 3.04. The van der Waals surface area contributed by atoms with Crippen LogP contribution < -0.4 is 11.1 Å². The number of amides is 1. The molecule has 2 atom stereocenters. The summed E-state index contributed by atoms with van der Waals surface area (Å²) in [6, 6.07) is -0.0532. The van der Waals surface area contributed by atoms with Crippen LogP contribution in [-0.4, -0.2) is 45.2 Å². The number of carbonyl (C=O) groups is 1. The molecule has 0 aromatic carbocycles. The van der Waals surface area contributed by atoms with E-state index in [1.54, 1.807) is 11.1 Å². The average Bonchev–Trinajstić information content (AvgIpc) is 2.46. The second-order valence-electron chi connectivity index (χ2n) is 7.00. The monoisotopic (exact) mass is 385 g/mol. The highest BCUT2D eigenvalue weighted by atomic mass is 79.9. The van der Waals surface area contributed by atoms with E-state index in [0.717, 1.165) is 12.8 Å². The van der Waals surface area contributed by atoms with Gasteiger partial charge in [0.15, 0.2) is 11.6 Å². The lowest BCUT2D eigenvalue weighted by molar-refractivity contribution is 0.0270. The fraction of sp³-hybridized carbons (Fsp3) is 0.667. The molecule has 1 aliphatic heterocycles. The summed E-state index contributed by atoms with van der Waals surface area (Å²) < 4.78 is 0.609. The van der Waals surface area contributed by atoms with Crippen molar-refractivity contribution in [2.75, 3.05) is 24.1 Å². The summed E-state index contributed by atoms with van der Waals surface area (Å²) in [5, 5.41) is 12.7. The topological polar surface area (TPSA) is 104 Å². The summed E-state index contributed by atoms with van der Waals surface area (Å²) in [5.74, 6) is 1.06. The summed E-state index contributed by atoms with van der Waals surface area (Å²) in [7, 11) is 0. The van der Waals surface area contributed by atoms with Crippen molar-refractivity contribution >= 4 is 33.7 Å². The fourth-order valence-electron chi connectivity index (χ4n) is 3.41. The third kappa shape index (κ3) is 4.25. The van der Waals surface area contributed by atoms with Crippen molar-refractivity contribution in [1.29, 1.82) is 0 Å². The Morgan fingerprint density at radius 1 is 1.57 bits per heavy atom. The molecule has 1 aromatic heterocycles. The van der Waals surface area contributed by atoms with Crippen molar-refractivity contribution < 1.29 is 9.90 Å². The van der Waals surface area contributed by atoms with Gasteiger partial charge in [-0.2, -0.15) is 0 Å². The molecule has 1 saturated heterocycles. The number of piperidine rings is 1. The van der Waals surface area contributed by atoms with E-state index in [1.165, 1.54) is 0 Å². The molecule has 2 unspecified atom stereocenters. The molecule has 0 aliphatic carbocycles. The Kier molecular flexibility index (Phi) is 5.33. The lowest BCUT2D eigenvalue weighted by atomic mass is 9.74. The van der Waals surface area contributed by atoms with E-state index in [1.807, 2.05) is 0 Å². The van der Waals surface area contributed by atoms with Crippen LogP contribution in [0, 0.1) is 11.3 Å². The van der Waals surface area contributed by atoms with Gasteiger partial charge in [-0.05, 0) is 40.1 Å². The molecule has 1 fully saturated rings. The van der Waals surface area contributed by atoms with Crippen LogP contribution in [0.3, 0.4) is 0 Å². The number of rotatable bonds is 3. The second kappa shape index (κ2) is 6.90. The van der Waals surface area contributed by atoms with Gasteiger partial charge in [0, 0.05) is 19.1 Å². The minimum atomic E-state index is -0.851. The van der Waals surface area contributed by atoms with E-state index in [0.29, 0.717) is 29.3 Å². The zero-order chi connectivity index (χ0) is 17.2. The van der Waals surface area contributed by atoms with Crippen LogP contribution in [0.25, 0.3) is 0 Å². The number of likely N-dealkylation sites (tertiary alicyclic amines) is 1. The molecule has 1 amide bonds.